The van der Waals surface area contributed by atoms with Gasteiger partial charge in [-0.1, -0.05) is 62.4 Å². The molecule has 0 aliphatic rings. The molecule has 0 atom stereocenters. The zero-order valence-electron chi connectivity index (χ0n) is 18.5. The quantitative estimate of drug-likeness (QED) is 0.421. The van der Waals surface area contributed by atoms with Gasteiger partial charge in [-0.2, -0.15) is 0 Å². The fourth-order valence-electron chi connectivity index (χ4n) is 3.28. The second kappa shape index (κ2) is 10.7. The van der Waals surface area contributed by atoms with Crippen molar-refractivity contribution >= 4 is 39.1 Å². The first kappa shape index (κ1) is 23.9. The van der Waals surface area contributed by atoms with Gasteiger partial charge in [0.05, 0.1) is 11.9 Å². The molecule has 0 radical (unpaired) electrons. The van der Waals surface area contributed by atoms with Crippen LogP contribution in [0.15, 0.2) is 83.8 Å². The van der Waals surface area contributed by atoms with Crippen LogP contribution in [-0.2, 0) is 20.6 Å². The van der Waals surface area contributed by atoms with E-state index in [4.69, 9.17) is 0 Å². The highest BCUT2D eigenvalue weighted by Crippen LogP contribution is 2.29. The summed E-state index contributed by atoms with van der Waals surface area (Å²) in [7, 11) is -3.63. The molecule has 0 saturated carbocycles. The zero-order valence-corrected chi connectivity index (χ0v) is 20.1. The number of hydrogen-bond acceptors (Lipinski definition) is 4. The molecule has 0 aliphatic heterocycles. The summed E-state index contributed by atoms with van der Waals surface area (Å²) in [6, 6.07) is 25.1. The number of thioether (sulfide) groups is 1. The number of nitrogens with zero attached hydrogens (tertiary/aromatic N) is 1. The molecule has 3 aromatic carbocycles. The number of benzene rings is 3. The minimum atomic E-state index is -3.63. The maximum absolute atomic E-state index is 12.7. The molecule has 0 heterocycles. The van der Waals surface area contributed by atoms with E-state index in [0.717, 1.165) is 23.1 Å². The Hall–Kier alpha value is -2.77. The number of rotatable bonds is 9. The predicted molar refractivity (Wildman–Crippen MR) is 134 cm³/mol. The molecule has 0 spiro atoms. The molecule has 5 nitrogen and oxygen atoms in total. The molecular weight excluding hydrogens is 440 g/mol. The van der Waals surface area contributed by atoms with E-state index < -0.39 is 10.0 Å². The largest absolute Gasteiger partial charge is 0.325 e. The number of hydrogen-bond donors (Lipinski definition) is 1. The SMILES string of the molecule is CC(C)c1ccccc1N(CC(=O)Nc1ccc(CSc2ccccc2)cc1)S(C)(=O)=O. The first-order valence-corrected chi connectivity index (χ1v) is 13.2. The van der Waals surface area contributed by atoms with E-state index in [1.807, 2.05) is 68.4 Å². The monoisotopic (exact) mass is 468 g/mol. The van der Waals surface area contributed by atoms with Gasteiger partial charge in [0, 0.05) is 16.3 Å². The zero-order chi connectivity index (χ0) is 23.1. The molecule has 32 heavy (non-hydrogen) atoms. The predicted octanol–water partition coefficient (Wildman–Crippen LogP) is 5.51. The maximum atomic E-state index is 12.7. The van der Waals surface area contributed by atoms with Gasteiger partial charge in [-0.25, -0.2) is 8.42 Å². The third kappa shape index (κ3) is 6.61. The molecule has 0 bridgehead atoms. The van der Waals surface area contributed by atoms with Crippen molar-refractivity contribution in [2.24, 2.45) is 0 Å². The van der Waals surface area contributed by atoms with E-state index >= 15 is 0 Å². The van der Waals surface area contributed by atoms with Crippen LogP contribution in [0.3, 0.4) is 0 Å². The van der Waals surface area contributed by atoms with Crippen LogP contribution in [0.4, 0.5) is 11.4 Å². The third-order valence-corrected chi connectivity index (χ3v) is 7.11. The average molecular weight is 469 g/mol. The van der Waals surface area contributed by atoms with Crippen molar-refractivity contribution in [3.05, 3.63) is 90.0 Å². The molecule has 0 aromatic heterocycles. The normalized spacial score (nSPS) is 11.4. The van der Waals surface area contributed by atoms with Crippen molar-refractivity contribution in [3.63, 3.8) is 0 Å². The molecule has 3 rings (SSSR count). The lowest BCUT2D eigenvalue weighted by molar-refractivity contribution is -0.114. The molecule has 168 valence electrons. The number of anilines is 2. The fourth-order valence-corrected chi connectivity index (χ4v) is 5.03. The van der Waals surface area contributed by atoms with E-state index in [-0.39, 0.29) is 18.4 Å². The van der Waals surface area contributed by atoms with E-state index in [1.54, 1.807) is 23.9 Å². The maximum Gasteiger partial charge on any atom is 0.245 e. The highest BCUT2D eigenvalue weighted by molar-refractivity contribution is 7.98. The van der Waals surface area contributed by atoms with Crippen molar-refractivity contribution in [1.29, 1.82) is 0 Å². The van der Waals surface area contributed by atoms with Crippen LogP contribution in [0.5, 0.6) is 0 Å². The highest BCUT2D eigenvalue weighted by atomic mass is 32.2. The van der Waals surface area contributed by atoms with Crippen molar-refractivity contribution < 1.29 is 13.2 Å². The lowest BCUT2D eigenvalue weighted by Crippen LogP contribution is -2.38. The van der Waals surface area contributed by atoms with Crippen LogP contribution in [0.25, 0.3) is 0 Å². The molecule has 1 amide bonds. The number of carbonyl (C=O) groups excluding carboxylic acids is 1. The van der Waals surface area contributed by atoms with Gasteiger partial charge in [0.1, 0.15) is 6.54 Å². The van der Waals surface area contributed by atoms with Crippen LogP contribution in [0.2, 0.25) is 0 Å². The van der Waals surface area contributed by atoms with Crippen molar-refractivity contribution in [1.82, 2.24) is 0 Å². The average Bonchev–Trinajstić information content (AvgIpc) is 2.77. The highest BCUT2D eigenvalue weighted by Gasteiger charge is 2.24. The summed E-state index contributed by atoms with van der Waals surface area (Å²) in [5, 5.41) is 2.81. The molecule has 1 N–H and O–H groups in total. The van der Waals surface area contributed by atoms with Crippen molar-refractivity contribution in [2.75, 3.05) is 22.4 Å². The summed E-state index contributed by atoms with van der Waals surface area (Å²) >= 11 is 1.74. The fraction of sp³-hybridized carbons (Fsp3) is 0.240. The lowest BCUT2D eigenvalue weighted by atomic mass is 10.0. The van der Waals surface area contributed by atoms with Gasteiger partial charge >= 0.3 is 0 Å². The Kier molecular flexibility index (Phi) is 7.99. The second-order valence-corrected chi connectivity index (χ2v) is 10.8. The topological polar surface area (TPSA) is 66.5 Å². The Labute approximate surface area is 194 Å². The van der Waals surface area contributed by atoms with E-state index in [0.29, 0.717) is 11.4 Å². The lowest BCUT2D eigenvalue weighted by Gasteiger charge is -2.25. The van der Waals surface area contributed by atoms with Gasteiger partial charge in [-0.15, -0.1) is 11.8 Å². The molecule has 0 saturated heterocycles. The van der Waals surface area contributed by atoms with Gasteiger partial charge < -0.3 is 5.32 Å². The Morgan fingerprint density at radius 2 is 1.56 bits per heavy atom. The number of carbonyl (C=O) groups is 1. The van der Waals surface area contributed by atoms with Gasteiger partial charge in [-0.05, 0) is 47.4 Å². The number of sulfonamides is 1. The molecule has 3 aromatic rings. The standard InChI is InChI=1S/C25H28N2O3S2/c1-19(2)23-11-7-8-12-24(23)27(32(3,29)30)17-25(28)26-21-15-13-20(14-16-21)18-31-22-9-5-4-6-10-22/h4-16,19H,17-18H2,1-3H3,(H,26,28). The Bertz CT molecular complexity index is 1150. The number of amides is 1. The smallest absolute Gasteiger partial charge is 0.245 e. The van der Waals surface area contributed by atoms with E-state index in [9.17, 15) is 13.2 Å². The van der Waals surface area contributed by atoms with Crippen molar-refractivity contribution in [3.8, 4) is 0 Å². The number of para-hydroxylation sites is 1. The summed E-state index contributed by atoms with van der Waals surface area (Å²) in [6.45, 7) is 3.71. The summed E-state index contributed by atoms with van der Waals surface area (Å²) in [5.74, 6) is 0.562. The molecule has 0 fully saturated rings. The van der Waals surface area contributed by atoms with E-state index in [1.165, 1.54) is 9.20 Å². The molecular formula is C25H28N2O3S2. The van der Waals surface area contributed by atoms with Gasteiger partial charge in [0.2, 0.25) is 15.9 Å². The Morgan fingerprint density at radius 3 is 2.19 bits per heavy atom. The van der Waals surface area contributed by atoms with Gasteiger partial charge in [0.15, 0.2) is 0 Å². The van der Waals surface area contributed by atoms with E-state index in [2.05, 4.69) is 17.4 Å². The first-order chi connectivity index (χ1) is 15.2. The third-order valence-electron chi connectivity index (χ3n) is 4.90. The minimum Gasteiger partial charge on any atom is -0.325 e. The summed E-state index contributed by atoms with van der Waals surface area (Å²) in [4.78, 5) is 13.9. The first-order valence-electron chi connectivity index (χ1n) is 10.4. The van der Waals surface area contributed by atoms with Crippen LogP contribution in [0.1, 0.15) is 30.9 Å². The van der Waals surface area contributed by atoms with Crippen LogP contribution >= 0.6 is 11.8 Å². The molecule has 0 aliphatic carbocycles. The van der Waals surface area contributed by atoms with Crippen molar-refractivity contribution in [2.45, 2.75) is 30.4 Å². The summed E-state index contributed by atoms with van der Waals surface area (Å²) in [5.41, 5.74) is 3.19. The molecule has 7 heteroatoms. The second-order valence-electron chi connectivity index (χ2n) is 7.83. The van der Waals surface area contributed by atoms with Gasteiger partial charge in [0.25, 0.3) is 0 Å². The Morgan fingerprint density at radius 1 is 0.938 bits per heavy atom. The minimum absolute atomic E-state index is 0.125. The summed E-state index contributed by atoms with van der Waals surface area (Å²) in [6.07, 6.45) is 1.12. The Balaban J connectivity index is 1.66. The van der Waals surface area contributed by atoms with Crippen LogP contribution in [0, 0.1) is 0 Å². The summed E-state index contributed by atoms with van der Waals surface area (Å²) < 4.78 is 26.1. The van der Waals surface area contributed by atoms with Gasteiger partial charge in [-0.3, -0.25) is 9.10 Å². The number of nitrogens with one attached hydrogen (secondary N) is 1. The van der Waals surface area contributed by atoms with Crippen LogP contribution in [-0.4, -0.2) is 27.1 Å². The molecule has 0 unspecified atom stereocenters. The van der Waals surface area contributed by atoms with Crippen LogP contribution < -0.4 is 9.62 Å².